The zero-order valence-corrected chi connectivity index (χ0v) is 13.9. The first kappa shape index (κ1) is 15.8. The van der Waals surface area contributed by atoms with E-state index in [1.807, 2.05) is 18.2 Å². The summed E-state index contributed by atoms with van der Waals surface area (Å²) >= 11 is 0. The first-order chi connectivity index (χ1) is 11.2. The molecule has 0 spiro atoms. The van der Waals surface area contributed by atoms with Gasteiger partial charge in [0, 0.05) is 5.56 Å². The molecule has 0 amide bonds. The fraction of sp³-hybridized carbons (Fsp3) is 0.529. The molecule has 0 radical (unpaired) electrons. The Morgan fingerprint density at radius 2 is 1.91 bits per heavy atom. The number of methoxy groups -OCH3 is 2. The molecule has 23 heavy (non-hydrogen) atoms. The van der Waals surface area contributed by atoms with Crippen LogP contribution in [-0.4, -0.2) is 42.3 Å². The number of ether oxygens (including phenoxy) is 2. The van der Waals surface area contributed by atoms with Crippen LogP contribution in [0.4, 0.5) is 0 Å². The van der Waals surface area contributed by atoms with Crippen molar-refractivity contribution in [2.24, 2.45) is 5.92 Å². The molecule has 0 atom stereocenters. The third kappa shape index (κ3) is 3.64. The number of aromatic nitrogens is 2. The standard InChI is InChI=1S/C17H23N3O3/c1-12-6-8-20(9-7-12)11-16-18-17(19-23-16)13-4-5-14(21-2)15(10-13)22-3/h4-5,10,12H,6-9,11H2,1-3H3. The van der Waals surface area contributed by atoms with Crippen LogP contribution in [0.25, 0.3) is 11.4 Å². The molecule has 0 bridgehead atoms. The van der Waals surface area contributed by atoms with Gasteiger partial charge in [0.05, 0.1) is 20.8 Å². The molecule has 1 aliphatic heterocycles. The van der Waals surface area contributed by atoms with E-state index < -0.39 is 0 Å². The molecule has 1 fully saturated rings. The minimum Gasteiger partial charge on any atom is -0.493 e. The summed E-state index contributed by atoms with van der Waals surface area (Å²) in [5.41, 5.74) is 0.852. The molecule has 0 N–H and O–H groups in total. The monoisotopic (exact) mass is 317 g/mol. The average molecular weight is 317 g/mol. The van der Waals surface area contributed by atoms with Crippen LogP contribution in [0.2, 0.25) is 0 Å². The third-order valence-electron chi connectivity index (χ3n) is 4.34. The van der Waals surface area contributed by atoms with Gasteiger partial charge in [0.2, 0.25) is 11.7 Å². The van der Waals surface area contributed by atoms with Gasteiger partial charge in [-0.15, -0.1) is 0 Å². The molecule has 3 rings (SSSR count). The number of piperidine rings is 1. The van der Waals surface area contributed by atoms with Gasteiger partial charge >= 0.3 is 0 Å². The van der Waals surface area contributed by atoms with Crippen LogP contribution in [0, 0.1) is 5.92 Å². The van der Waals surface area contributed by atoms with Gasteiger partial charge in [-0.1, -0.05) is 12.1 Å². The largest absolute Gasteiger partial charge is 0.493 e. The van der Waals surface area contributed by atoms with Gasteiger partial charge in [-0.2, -0.15) is 4.98 Å². The van der Waals surface area contributed by atoms with E-state index in [0.717, 1.165) is 24.6 Å². The second-order valence-electron chi connectivity index (χ2n) is 6.04. The van der Waals surface area contributed by atoms with Crippen LogP contribution in [0.3, 0.4) is 0 Å². The minimum absolute atomic E-state index is 0.575. The minimum atomic E-state index is 0.575. The summed E-state index contributed by atoms with van der Waals surface area (Å²) < 4.78 is 16.0. The lowest BCUT2D eigenvalue weighted by Crippen LogP contribution is -2.32. The zero-order valence-electron chi connectivity index (χ0n) is 13.9. The van der Waals surface area contributed by atoms with E-state index in [2.05, 4.69) is 22.0 Å². The fourth-order valence-electron chi connectivity index (χ4n) is 2.82. The molecule has 124 valence electrons. The second kappa shape index (κ2) is 7.00. The summed E-state index contributed by atoms with van der Waals surface area (Å²) in [5.74, 6) is 3.38. The Morgan fingerprint density at radius 3 is 2.61 bits per heavy atom. The highest BCUT2D eigenvalue weighted by atomic mass is 16.5. The first-order valence-corrected chi connectivity index (χ1v) is 7.97. The molecule has 6 nitrogen and oxygen atoms in total. The van der Waals surface area contributed by atoms with Crippen molar-refractivity contribution in [2.45, 2.75) is 26.3 Å². The van der Waals surface area contributed by atoms with E-state index in [4.69, 9.17) is 14.0 Å². The fourth-order valence-corrected chi connectivity index (χ4v) is 2.82. The molecule has 1 aliphatic rings. The Kier molecular flexibility index (Phi) is 4.81. The summed E-state index contributed by atoms with van der Waals surface area (Å²) in [6.45, 7) is 5.21. The van der Waals surface area contributed by atoms with E-state index in [0.29, 0.717) is 29.8 Å². The number of benzene rings is 1. The molecular weight excluding hydrogens is 294 g/mol. The highest BCUT2D eigenvalue weighted by molar-refractivity contribution is 5.60. The normalized spacial score (nSPS) is 16.5. The lowest BCUT2D eigenvalue weighted by Gasteiger charge is -2.28. The van der Waals surface area contributed by atoms with Crippen molar-refractivity contribution in [1.29, 1.82) is 0 Å². The Hall–Kier alpha value is -2.08. The Bertz CT molecular complexity index is 648. The van der Waals surface area contributed by atoms with Gasteiger partial charge in [0.15, 0.2) is 11.5 Å². The van der Waals surface area contributed by atoms with E-state index in [1.165, 1.54) is 12.8 Å². The highest BCUT2D eigenvalue weighted by Gasteiger charge is 2.19. The van der Waals surface area contributed by atoms with Gasteiger partial charge in [-0.05, 0) is 50.0 Å². The third-order valence-corrected chi connectivity index (χ3v) is 4.34. The molecule has 2 heterocycles. The lowest BCUT2D eigenvalue weighted by atomic mass is 9.99. The van der Waals surface area contributed by atoms with Crippen molar-refractivity contribution < 1.29 is 14.0 Å². The molecule has 1 aromatic heterocycles. The molecule has 0 unspecified atom stereocenters. The number of hydrogen-bond donors (Lipinski definition) is 0. The van der Waals surface area contributed by atoms with Crippen LogP contribution in [0.1, 0.15) is 25.7 Å². The number of likely N-dealkylation sites (tertiary alicyclic amines) is 1. The average Bonchev–Trinajstić information content (AvgIpc) is 3.05. The van der Waals surface area contributed by atoms with Gasteiger partial charge < -0.3 is 14.0 Å². The highest BCUT2D eigenvalue weighted by Crippen LogP contribution is 2.31. The first-order valence-electron chi connectivity index (χ1n) is 7.97. The predicted molar refractivity (Wildman–Crippen MR) is 86.5 cm³/mol. The molecule has 0 aliphatic carbocycles. The van der Waals surface area contributed by atoms with E-state index in [1.54, 1.807) is 14.2 Å². The van der Waals surface area contributed by atoms with Crippen LogP contribution < -0.4 is 9.47 Å². The number of nitrogens with zero attached hydrogens (tertiary/aromatic N) is 3. The lowest BCUT2D eigenvalue weighted by molar-refractivity contribution is 0.165. The summed E-state index contributed by atoms with van der Waals surface area (Å²) in [6, 6.07) is 5.60. The van der Waals surface area contributed by atoms with Crippen molar-refractivity contribution in [3.63, 3.8) is 0 Å². The summed E-state index contributed by atoms with van der Waals surface area (Å²) in [4.78, 5) is 6.88. The SMILES string of the molecule is COc1ccc(-c2noc(CN3CCC(C)CC3)n2)cc1OC. The second-order valence-corrected chi connectivity index (χ2v) is 6.04. The maximum Gasteiger partial charge on any atom is 0.241 e. The molecule has 1 saturated heterocycles. The van der Waals surface area contributed by atoms with E-state index in [9.17, 15) is 0 Å². The zero-order chi connectivity index (χ0) is 16.2. The smallest absolute Gasteiger partial charge is 0.241 e. The summed E-state index contributed by atoms with van der Waals surface area (Å²) in [7, 11) is 3.23. The van der Waals surface area contributed by atoms with Crippen molar-refractivity contribution in [2.75, 3.05) is 27.3 Å². The Labute approximate surface area is 136 Å². The maximum atomic E-state index is 5.40. The van der Waals surface area contributed by atoms with Gasteiger partial charge in [0.25, 0.3) is 0 Å². The van der Waals surface area contributed by atoms with Crippen molar-refractivity contribution in [3.05, 3.63) is 24.1 Å². The van der Waals surface area contributed by atoms with Crippen molar-refractivity contribution in [3.8, 4) is 22.9 Å². The molecule has 6 heteroatoms. The Balaban J connectivity index is 1.71. The van der Waals surface area contributed by atoms with E-state index in [-0.39, 0.29) is 0 Å². The quantitative estimate of drug-likeness (QED) is 0.845. The topological polar surface area (TPSA) is 60.6 Å². The van der Waals surface area contributed by atoms with Gasteiger partial charge in [-0.3, -0.25) is 4.90 Å². The van der Waals surface area contributed by atoms with Crippen LogP contribution in [-0.2, 0) is 6.54 Å². The molecule has 0 saturated carbocycles. The van der Waals surface area contributed by atoms with Gasteiger partial charge in [0.1, 0.15) is 0 Å². The predicted octanol–water partition coefficient (Wildman–Crippen LogP) is 2.99. The van der Waals surface area contributed by atoms with Crippen molar-refractivity contribution in [1.82, 2.24) is 15.0 Å². The maximum absolute atomic E-state index is 5.40. The molecule has 2 aromatic rings. The molecular formula is C17H23N3O3. The Morgan fingerprint density at radius 1 is 1.17 bits per heavy atom. The summed E-state index contributed by atoms with van der Waals surface area (Å²) in [5, 5.41) is 4.09. The van der Waals surface area contributed by atoms with Crippen LogP contribution in [0.5, 0.6) is 11.5 Å². The summed E-state index contributed by atoms with van der Waals surface area (Å²) in [6.07, 6.45) is 2.47. The van der Waals surface area contributed by atoms with Crippen molar-refractivity contribution >= 4 is 0 Å². The number of rotatable bonds is 5. The van der Waals surface area contributed by atoms with Gasteiger partial charge in [-0.25, -0.2) is 0 Å². The van der Waals surface area contributed by atoms with E-state index >= 15 is 0 Å². The number of hydrogen-bond acceptors (Lipinski definition) is 6. The van der Waals surface area contributed by atoms with Crippen LogP contribution in [0.15, 0.2) is 22.7 Å². The van der Waals surface area contributed by atoms with Crippen LogP contribution >= 0.6 is 0 Å². The molecule has 1 aromatic carbocycles.